The van der Waals surface area contributed by atoms with Crippen LogP contribution in [0.15, 0.2) is 6.07 Å². The number of anilines is 1. The second-order valence-electron chi connectivity index (χ2n) is 4.42. The van der Waals surface area contributed by atoms with Crippen LogP contribution in [-0.4, -0.2) is 29.2 Å². The molecule has 0 amide bonds. The van der Waals surface area contributed by atoms with Crippen LogP contribution < -0.4 is 5.32 Å². The first kappa shape index (κ1) is 11.8. The summed E-state index contributed by atoms with van der Waals surface area (Å²) in [6, 6.07) is 3.69. The predicted octanol–water partition coefficient (Wildman–Crippen LogP) is 1.64. The zero-order valence-electron chi connectivity index (χ0n) is 10.2. The Morgan fingerprint density at radius 3 is 2.82 bits per heavy atom. The molecule has 2 rings (SSSR count). The minimum atomic E-state index is -0.0695. The van der Waals surface area contributed by atoms with E-state index in [9.17, 15) is 0 Å². The van der Waals surface area contributed by atoms with Crippen LogP contribution in [0, 0.1) is 18.3 Å². The first-order valence-corrected chi connectivity index (χ1v) is 5.72. The fraction of sp³-hybridized carbons (Fsp3) is 0.583. The van der Waals surface area contributed by atoms with Gasteiger partial charge in [0.1, 0.15) is 11.8 Å². The number of hydrogen-bond donors (Lipinski definition) is 1. The number of methoxy groups -OCH3 is 1. The molecule has 0 bridgehead atoms. The van der Waals surface area contributed by atoms with Gasteiger partial charge in [-0.15, -0.1) is 0 Å². The Labute approximate surface area is 101 Å². The molecule has 0 aromatic carbocycles. The standard InChI is InChI=1S/C12H16N4O/c1-9-6-10(7-13)16-11(15-9)14-8-12(17-2)4-3-5-12/h6H,3-5,8H2,1-2H3,(H,14,15,16). The van der Waals surface area contributed by atoms with E-state index < -0.39 is 0 Å². The molecule has 0 spiro atoms. The molecule has 1 saturated carbocycles. The smallest absolute Gasteiger partial charge is 0.224 e. The van der Waals surface area contributed by atoms with E-state index in [1.165, 1.54) is 6.42 Å². The van der Waals surface area contributed by atoms with Gasteiger partial charge in [0.2, 0.25) is 5.95 Å². The van der Waals surface area contributed by atoms with Gasteiger partial charge >= 0.3 is 0 Å². The Hall–Kier alpha value is -1.67. The predicted molar refractivity (Wildman–Crippen MR) is 63.6 cm³/mol. The number of nitrogens with one attached hydrogen (secondary N) is 1. The lowest BCUT2D eigenvalue weighted by molar-refractivity contribution is -0.0602. The lowest BCUT2D eigenvalue weighted by Gasteiger charge is -2.40. The van der Waals surface area contributed by atoms with Gasteiger partial charge in [0, 0.05) is 19.3 Å². The maximum atomic E-state index is 8.83. The Kier molecular flexibility index (Phi) is 3.25. The molecule has 0 saturated heterocycles. The van der Waals surface area contributed by atoms with Gasteiger partial charge in [0.25, 0.3) is 0 Å². The van der Waals surface area contributed by atoms with Crippen molar-refractivity contribution < 1.29 is 4.74 Å². The SMILES string of the molecule is COC1(CNc2nc(C)cc(C#N)n2)CCC1. The van der Waals surface area contributed by atoms with Gasteiger partial charge in [0.05, 0.1) is 5.60 Å². The number of rotatable bonds is 4. The summed E-state index contributed by atoms with van der Waals surface area (Å²) in [7, 11) is 1.73. The topological polar surface area (TPSA) is 70.8 Å². The zero-order valence-corrected chi connectivity index (χ0v) is 10.2. The molecule has 1 N–H and O–H groups in total. The molecular formula is C12H16N4O. The van der Waals surface area contributed by atoms with E-state index in [4.69, 9.17) is 10.00 Å². The van der Waals surface area contributed by atoms with E-state index in [2.05, 4.69) is 15.3 Å². The van der Waals surface area contributed by atoms with Crippen molar-refractivity contribution in [2.45, 2.75) is 31.8 Å². The highest BCUT2D eigenvalue weighted by atomic mass is 16.5. The molecule has 0 unspecified atom stereocenters. The summed E-state index contributed by atoms with van der Waals surface area (Å²) < 4.78 is 5.50. The van der Waals surface area contributed by atoms with Crippen molar-refractivity contribution in [2.75, 3.05) is 19.0 Å². The third-order valence-corrected chi connectivity index (χ3v) is 3.24. The number of aromatic nitrogens is 2. The molecule has 5 nitrogen and oxygen atoms in total. The molecule has 1 heterocycles. The molecule has 0 atom stereocenters. The van der Waals surface area contributed by atoms with Crippen molar-refractivity contribution >= 4 is 5.95 Å². The van der Waals surface area contributed by atoms with E-state index in [0.29, 0.717) is 18.2 Å². The summed E-state index contributed by atoms with van der Waals surface area (Å²) in [4.78, 5) is 8.36. The van der Waals surface area contributed by atoms with Gasteiger partial charge < -0.3 is 10.1 Å². The summed E-state index contributed by atoms with van der Waals surface area (Å²) in [5, 5.41) is 12.0. The average molecular weight is 232 g/mol. The van der Waals surface area contributed by atoms with E-state index in [1.807, 2.05) is 13.0 Å². The maximum absolute atomic E-state index is 8.83. The first-order valence-electron chi connectivity index (χ1n) is 5.72. The number of ether oxygens (including phenoxy) is 1. The van der Waals surface area contributed by atoms with E-state index in [1.54, 1.807) is 13.2 Å². The van der Waals surface area contributed by atoms with Crippen LogP contribution in [0.3, 0.4) is 0 Å². The summed E-state index contributed by atoms with van der Waals surface area (Å²) in [6.07, 6.45) is 3.33. The number of aryl methyl sites for hydroxylation is 1. The molecule has 1 aliphatic carbocycles. The highest BCUT2D eigenvalue weighted by Gasteiger charge is 2.36. The number of hydrogen-bond acceptors (Lipinski definition) is 5. The maximum Gasteiger partial charge on any atom is 0.224 e. The molecular weight excluding hydrogens is 216 g/mol. The van der Waals surface area contributed by atoms with Gasteiger partial charge in [-0.2, -0.15) is 5.26 Å². The summed E-state index contributed by atoms with van der Waals surface area (Å²) in [5.74, 6) is 0.505. The Morgan fingerprint density at radius 1 is 1.53 bits per heavy atom. The van der Waals surface area contributed by atoms with Crippen LogP contribution in [0.1, 0.15) is 30.7 Å². The van der Waals surface area contributed by atoms with Gasteiger partial charge in [-0.3, -0.25) is 0 Å². The monoisotopic (exact) mass is 232 g/mol. The summed E-state index contributed by atoms with van der Waals surface area (Å²) >= 11 is 0. The highest BCUT2D eigenvalue weighted by Crippen LogP contribution is 2.34. The minimum Gasteiger partial charge on any atom is -0.376 e. The van der Waals surface area contributed by atoms with Crippen LogP contribution in [0.4, 0.5) is 5.95 Å². The second-order valence-corrected chi connectivity index (χ2v) is 4.42. The Morgan fingerprint density at radius 2 is 2.29 bits per heavy atom. The lowest BCUT2D eigenvalue weighted by Crippen LogP contribution is -2.45. The second kappa shape index (κ2) is 4.68. The quantitative estimate of drug-likeness (QED) is 0.854. The molecule has 5 heteroatoms. The van der Waals surface area contributed by atoms with Gasteiger partial charge in [-0.25, -0.2) is 9.97 Å². The van der Waals surface area contributed by atoms with Crippen LogP contribution in [0.2, 0.25) is 0 Å². The Balaban J connectivity index is 2.04. The van der Waals surface area contributed by atoms with Crippen molar-refractivity contribution in [1.82, 2.24) is 9.97 Å². The van der Waals surface area contributed by atoms with E-state index in [0.717, 1.165) is 18.5 Å². The summed E-state index contributed by atoms with van der Waals surface area (Å²) in [6.45, 7) is 2.54. The summed E-state index contributed by atoms with van der Waals surface area (Å²) in [5.41, 5.74) is 1.11. The van der Waals surface area contributed by atoms with Crippen LogP contribution in [0.25, 0.3) is 0 Å². The molecule has 17 heavy (non-hydrogen) atoms. The minimum absolute atomic E-state index is 0.0695. The molecule has 1 aliphatic rings. The van der Waals surface area contributed by atoms with Crippen LogP contribution in [0.5, 0.6) is 0 Å². The molecule has 1 aromatic heterocycles. The third-order valence-electron chi connectivity index (χ3n) is 3.24. The lowest BCUT2D eigenvalue weighted by atomic mass is 9.80. The van der Waals surface area contributed by atoms with Gasteiger partial charge in [-0.1, -0.05) is 0 Å². The molecule has 0 radical (unpaired) electrons. The van der Waals surface area contributed by atoms with Crippen molar-refractivity contribution in [3.05, 3.63) is 17.5 Å². The normalized spacial score (nSPS) is 17.0. The fourth-order valence-electron chi connectivity index (χ4n) is 1.97. The number of nitriles is 1. The van der Waals surface area contributed by atoms with Crippen molar-refractivity contribution in [1.29, 1.82) is 5.26 Å². The third kappa shape index (κ3) is 2.53. The van der Waals surface area contributed by atoms with Crippen molar-refractivity contribution in [3.8, 4) is 6.07 Å². The van der Waals surface area contributed by atoms with Gasteiger partial charge in [0.15, 0.2) is 0 Å². The molecule has 90 valence electrons. The largest absolute Gasteiger partial charge is 0.376 e. The van der Waals surface area contributed by atoms with E-state index >= 15 is 0 Å². The van der Waals surface area contributed by atoms with Crippen LogP contribution >= 0.6 is 0 Å². The molecule has 1 aromatic rings. The van der Waals surface area contributed by atoms with Crippen LogP contribution in [-0.2, 0) is 4.74 Å². The first-order chi connectivity index (χ1) is 8.17. The highest BCUT2D eigenvalue weighted by molar-refractivity contribution is 5.33. The number of nitrogens with zero attached hydrogens (tertiary/aromatic N) is 3. The average Bonchev–Trinajstić information content (AvgIpc) is 2.27. The van der Waals surface area contributed by atoms with Gasteiger partial charge in [-0.05, 0) is 32.3 Å². The molecule has 0 aliphatic heterocycles. The van der Waals surface area contributed by atoms with Crippen molar-refractivity contribution in [3.63, 3.8) is 0 Å². The molecule has 1 fully saturated rings. The van der Waals surface area contributed by atoms with E-state index in [-0.39, 0.29) is 5.60 Å². The van der Waals surface area contributed by atoms with Crippen molar-refractivity contribution in [2.24, 2.45) is 0 Å². The fourth-order valence-corrected chi connectivity index (χ4v) is 1.97. The zero-order chi connectivity index (χ0) is 12.3. The Bertz CT molecular complexity index is 443.